The van der Waals surface area contributed by atoms with Crippen molar-refractivity contribution in [3.63, 3.8) is 0 Å². The summed E-state index contributed by atoms with van der Waals surface area (Å²) < 4.78 is 5.95. The lowest BCUT2D eigenvalue weighted by Crippen LogP contribution is -2.23. The smallest absolute Gasteiger partial charge is 0.126 e. The molecule has 1 unspecified atom stereocenters. The molecule has 2 heteroatoms. The number of ether oxygens (including phenoxy) is 1. The highest BCUT2D eigenvalue weighted by Crippen LogP contribution is 2.34. The summed E-state index contributed by atoms with van der Waals surface area (Å²) in [6.07, 6.45) is 9.49. The van der Waals surface area contributed by atoms with Crippen LogP contribution < -0.4 is 10.1 Å². The molecule has 3 rings (SSSR count). The van der Waals surface area contributed by atoms with Crippen LogP contribution in [0.3, 0.4) is 0 Å². The van der Waals surface area contributed by atoms with Crippen molar-refractivity contribution in [3.05, 3.63) is 29.3 Å². The average Bonchev–Trinajstić information content (AvgIpc) is 2.87. The fraction of sp³-hybridized carbons (Fsp3) is 0.667. The van der Waals surface area contributed by atoms with Crippen LogP contribution in [0, 0.1) is 12.8 Å². The number of fused-ring (bicyclic) bond motifs is 1. The summed E-state index contributed by atoms with van der Waals surface area (Å²) in [5, 5.41) is 3.79. The Morgan fingerprint density at radius 2 is 2.00 bits per heavy atom. The summed E-state index contributed by atoms with van der Waals surface area (Å²) >= 11 is 0. The summed E-state index contributed by atoms with van der Waals surface area (Å²) in [5.74, 6) is 2.10. The van der Waals surface area contributed by atoms with E-state index in [0.717, 1.165) is 31.2 Å². The normalized spacial score (nSPS) is 23.1. The van der Waals surface area contributed by atoms with E-state index >= 15 is 0 Å². The predicted octanol–water partition coefficient (Wildman–Crippen LogP) is 4.38. The van der Waals surface area contributed by atoms with Crippen LogP contribution in [-0.2, 0) is 0 Å². The van der Waals surface area contributed by atoms with Crippen molar-refractivity contribution in [2.24, 2.45) is 5.92 Å². The van der Waals surface area contributed by atoms with Gasteiger partial charge in [-0.25, -0.2) is 0 Å². The van der Waals surface area contributed by atoms with E-state index in [9.17, 15) is 0 Å². The van der Waals surface area contributed by atoms with E-state index in [-0.39, 0.29) is 0 Å². The van der Waals surface area contributed by atoms with Crippen LogP contribution in [0.25, 0.3) is 0 Å². The zero-order valence-electron chi connectivity index (χ0n) is 12.7. The van der Waals surface area contributed by atoms with Crippen LogP contribution >= 0.6 is 0 Å². The van der Waals surface area contributed by atoms with E-state index in [4.69, 9.17) is 4.74 Å². The molecule has 2 nitrogen and oxygen atoms in total. The summed E-state index contributed by atoms with van der Waals surface area (Å²) in [4.78, 5) is 0. The monoisotopic (exact) mass is 273 g/mol. The molecule has 1 N–H and O–H groups in total. The Kier molecular flexibility index (Phi) is 4.62. The van der Waals surface area contributed by atoms with Crippen LogP contribution in [-0.4, -0.2) is 13.2 Å². The molecule has 0 amide bonds. The van der Waals surface area contributed by atoms with E-state index < -0.39 is 0 Å². The first-order valence-electron chi connectivity index (χ1n) is 8.30. The molecule has 1 aromatic rings. The third-order valence-corrected chi connectivity index (χ3v) is 4.92. The van der Waals surface area contributed by atoms with E-state index in [1.54, 1.807) is 0 Å². The first-order chi connectivity index (χ1) is 9.84. The molecule has 1 aliphatic carbocycles. The van der Waals surface area contributed by atoms with Gasteiger partial charge in [-0.2, -0.15) is 0 Å². The molecule has 1 aliphatic heterocycles. The van der Waals surface area contributed by atoms with E-state index in [1.165, 1.54) is 49.7 Å². The number of benzene rings is 1. The third kappa shape index (κ3) is 3.17. The Morgan fingerprint density at radius 1 is 1.15 bits per heavy atom. The van der Waals surface area contributed by atoms with Gasteiger partial charge in [-0.1, -0.05) is 43.9 Å². The number of hydrogen-bond acceptors (Lipinski definition) is 2. The Hall–Kier alpha value is -1.02. The average molecular weight is 273 g/mol. The zero-order chi connectivity index (χ0) is 13.8. The van der Waals surface area contributed by atoms with Gasteiger partial charge in [-0.3, -0.25) is 0 Å². The first-order valence-corrected chi connectivity index (χ1v) is 8.30. The Morgan fingerprint density at radius 3 is 2.85 bits per heavy atom. The summed E-state index contributed by atoms with van der Waals surface area (Å²) in [6.45, 7) is 4.17. The standard InChI is InChI=1S/C18H27NO/c1-14-6-4-9-16-17(10-5-13-20-18(14)16)19-12-11-15-7-2-3-8-15/h4,6,9,15,17,19H,2-3,5,7-8,10-13H2,1H3. The van der Waals surface area contributed by atoms with Crippen LogP contribution in [0.5, 0.6) is 5.75 Å². The molecule has 2 aliphatic rings. The number of para-hydroxylation sites is 1. The van der Waals surface area contributed by atoms with Gasteiger partial charge < -0.3 is 10.1 Å². The Balaban J connectivity index is 1.62. The molecule has 1 atom stereocenters. The fourth-order valence-electron chi connectivity index (χ4n) is 3.74. The fourth-order valence-corrected chi connectivity index (χ4v) is 3.74. The molecule has 1 saturated carbocycles. The van der Waals surface area contributed by atoms with E-state index in [1.807, 2.05) is 0 Å². The number of rotatable bonds is 4. The maximum absolute atomic E-state index is 5.95. The lowest BCUT2D eigenvalue weighted by molar-refractivity contribution is 0.313. The molecule has 20 heavy (non-hydrogen) atoms. The molecule has 0 bridgehead atoms. The highest BCUT2D eigenvalue weighted by atomic mass is 16.5. The second kappa shape index (κ2) is 6.62. The van der Waals surface area contributed by atoms with Crippen LogP contribution in [0.4, 0.5) is 0 Å². The quantitative estimate of drug-likeness (QED) is 0.879. The van der Waals surface area contributed by atoms with Crippen molar-refractivity contribution in [1.29, 1.82) is 0 Å². The number of aryl methyl sites for hydroxylation is 1. The summed E-state index contributed by atoms with van der Waals surface area (Å²) in [7, 11) is 0. The second-order valence-electron chi connectivity index (χ2n) is 6.43. The Labute approximate surface area is 122 Å². The molecule has 1 heterocycles. The van der Waals surface area contributed by atoms with Crippen molar-refractivity contribution in [2.75, 3.05) is 13.2 Å². The molecular weight excluding hydrogens is 246 g/mol. The Bertz CT molecular complexity index is 437. The van der Waals surface area contributed by atoms with Crippen LogP contribution in [0.2, 0.25) is 0 Å². The maximum atomic E-state index is 5.95. The van der Waals surface area contributed by atoms with Crippen molar-refractivity contribution in [3.8, 4) is 5.75 Å². The maximum Gasteiger partial charge on any atom is 0.126 e. The van der Waals surface area contributed by atoms with Crippen molar-refractivity contribution >= 4 is 0 Å². The van der Waals surface area contributed by atoms with E-state index in [2.05, 4.69) is 30.4 Å². The van der Waals surface area contributed by atoms with Crippen LogP contribution in [0.1, 0.15) is 62.1 Å². The molecule has 0 saturated heterocycles. The molecule has 0 spiro atoms. The molecule has 0 aromatic heterocycles. The molecular formula is C18H27NO. The van der Waals surface area contributed by atoms with Gasteiger partial charge in [-0.05, 0) is 44.2 Å². The molecule has 110 valence electrons. The first kappa shape index (κ1) is 13.9. The minimum absolute atomic E-state index is 0.480. The van der Waals surface area contributed by atoms with Gasteiger partial charge in [0.1, 0.15) is 5.75 Å². The van der Waals surface area contributed by atoms with Gasteiger partial charge in [0.25, 0.3) is 0 Å². The van der Waals surface area contributed by atoms with E-state index in [0.29, 0.717) is 6.04 Å². The van der Waals surface area contributed by atoms with Crippen molar-refractivity contribution < 1.29 is 4.74 Å². The number of nitrogens with one attached hydrogen (secondary N) is 1. The lowest BCUT2D eigenvalue weighted by atomic mass is 9.98. The van der Waals surface area contributed by atoms with Crippen molar-refractivity contribution in [1.82, 2.24) is 5.32 Å². The van der Waals surface area contributed by atoms with Crippen LogP contribution in [0.15, 0.2) is 18.2 Å². The number of hydrogen-bond donors (Lipinski definition) is 1. The summed E-state index contributed by atoms with van der Waals surface area (Å²) in [6, 6.07) is 7.03. The largest absolute Gasteiger partial charge is 0.493 e. The zero-order valence-corrected chi connectivity index (χ0v) is 12.7. The highest BCUT2D eigenvalue weighted by Gasteiger charge is 2.21. The third-order valence-electron chi connectivity index (χ3n) is 4.92. The minimum atomic E-state index is 0.480. The second-order valence-corrected chi connectivity index (χ2v) is 6.43. The predicted molar refractivity (Wildman–Crippen MR) is 83.2 cm³/mol. The van der Waals surface area contributed by atoms with Gasteiger partial charge in [0.2, 0.25) is 0 Å². The van der Waals surface area contributed by atoms with Gasteiger partial charge in [0.05, 0.1) is 6.61 Å². The van der Waals surface area contributed by atoms with Gasteiger partial charge in [0.15, 0.2) is 0 Å². The molecule has 1 aromatic carbocycles. The van der Waals surface area contributed by atoms with Gasteiger partial charge in [-0.15, -0.1) is 0 Å². The molecule has 1 fully saturated rings. The SMILES string of the molecule is Cc1cccc2c1OCCCC2NCCC1CCCC1. The van der Waals surface area contributed by atoms with Gasteiger partial charge >= 0.3 is 0 Å². The van der Waals surface area contributed by atoms with Crippen molar-refractivity contribution in [2.45, 2.75) is 57.9 Å². The highest BCUT2D eigenvalue weighted by molar-refractivity contribution is 5.43. The lowest BCUT2D eigenvalue weighted by Gasteiger charge is -2.20. The molecule has 0 radical (unpaired) electrons. The topological polar surface area (TPSA) is 21.3 Å². The minimum Gasteiger partial charge on any atom is -0.493 e. The summed E-state index contributed by atoms with van der Waals surface area (Å²) in [5.41, 5.74) is 2.64. The van der Waals surface area contributed by atoms with Gasteiger partial charge in [0, 0.05) is 11.6 Å².